The molecule has 0 unspecified atom stereocenters. The maximum absolute atomic E-state index is 11.1. The zero-order chi connectivity index (χ0) is 30.9. The third kappa shape index (κ3) is 8.04. The van der Waals surface area contributed by atoms with Crippen LogP contribution in [0.5, 0.6) is 11.5 Å². The smallest absolute Gasteiger partial charge is 0.303 e. The van der Waals surface area contributed by atoms with E-state index >= 15 is 0 Å². The van der Waals surface area contributed by atoms with Gasteiger partial charge in [0, 0.05) is 12.8 Å². The van der Waals surface area contributed by atoms with Crippen molar-refractivity contribution in [3.63, 3.8) is 0 Å². The van der Waals surface area contributed by atoms with E-state index in [1.807, 2.05) is 19.9 Å². The van der Waals surface area contributed by atoms with Crippen molar-refractivity contribution in [3.8, 4) is 11.5 Å². The van der Waals surface area contributed by atoms with E-state index in [1.165, 1.54) is 22.3 Å². The van der Waals surface area contributed by atoms with Gasteiger partial charge in [-0.05, 0) is 104 Å². The molecule has 41 heavy (non-hydrogen) atoms. The van der Waals surface area contributed by atoms with E-state index in [-0.39, 0.29) is 35.6 Å². The zero-order valence-electron chi connectivity index (χ0n) is 27.3. The summed E-state index contributed by atoms with van der Waals surface area (Å²) in [6.07, 6.45) is -0.880. The van der Waals surface area contributed by atoms with Crippen molar-refractivity contribution in [1.82, 2.24) is 0 Å². The van der Waals surface area contributed by atoms with Gasteiger partial charge in [0.15, 0.2) is 12.4 Å². The molecular formula is C35H52O6. The highest BCUT2D eigenvalue weighted by molar-refractivity contribution is 5.66. The van der Waals surface area contributed by atoms with Crippen molar-refractivity contribution in [2.24, 2.45) is 0 Å². The second-order valence-electron chi connectivity index (χ2n) is 13.9. The highest BCUT2D eigenvalue weighted by Gasteiger charge is 2.41. The van der Waals surface area contributed by atoms with Crippen LogP contribution in [0.4, 0.5) is 0 Å². The van der Waals surface area contributed by atoms with Crippen molar-refractivity contribution in [2.75, 3.05) is 0 Å². The molecule has 2 aromatic carbocycles. The molecule has 0 aliphatic carbocycles. The largest absolute Gasteiger partial charge is 0.487 e. The summed E-state index contributed by atoms with van der Waals surface area (Å²) in [5.41, 5.74) is 7.35. The molecule has 6 heteroatoms. The van der Waals surface area contributed by atoms with Gasteiger partial charge in [-0.3, -0.25) is 4.79 Å². The highest BCUT2D eigenvalue weighted by Crippen LogP contribution is 2.37. The molecule has 5 atom stereocenters. The molecule has 1 aliphatic heterocycles. The van der Waals surface area contributed by atoms with Gasteiger partial charge in [0.25, 0.3) is 0 Å². The Morgan fingerprint density at radius 1 is 0.854 bits per heavy atom. The van der Waals surface area contributed by atoms with Crippen LogP contribution in [0.25, 0.3) is 0 Å². The summed E-state index contributed by atoms with van der Waals surface area (Å²) in [5.74, 6) is 0.809. The van der Waals surface area contributed by atoms with Crippen LogP contribution in [0.1, 0.15) is 108 Å². The van der Waals surface area contributed by atoms with Gasteiger partial charge in [0.2, 0.25) is 0 Å². The summed E-state index contributed by atoms with van der Waals surface area (Å²) in [4.78, 5) is 11.1. The maximum atomic E-state index is 11.1. The fourth-order valence-corrected chi connectivity index (χ4v) is 5.71. The molecule has 1 N–H and O–H groups in total. The molecule has 228 valence electrons. The zero-order valence-corrected chi connectivity index (χ0v) is 27.3. The van der Waals surface area contributed by atoms with Crippen LogP contribution in [-0.2, 0) is 25.1 Å². The van der Waals surface area contributed by atoms with Crippen LogP contribution in [0.2, 0.25) is 0 Å². The number of carboxylic acid groups (broad SMARTS) is 1. The number of benzene rings is 2. The van der Waals surface area contributed by atoms with E-state index in [2.05, 4.69) is 87.4 Å². The van der Waals surface area contributed by atoms with E-state index in [9.17, 15) is 4.79 Å². The lowest BCUT2D eigenvalue weighted by Crippen LogP contribution is -2.52. The van der Waals surface area contributed by atoms with Gasteiger partial charge in [-0.25, -0.2) is 0 Å². The SMILES string of the molecule is Cc1c(O[C@@H]2C[C@@H](Oc3ccc(C(C)(C)C)c(C)c3C)[C@H](C)O[C@H]2O[C@H](C)CCC(=O)O)ccc(C(C)(C)C)c1C. The summed E-state index contributed by atoms with van der Waals surface area (Å²) < 4.78 is 26.0. The number of carbonyl (C=O) groups is 1. The second kappa shape index (κ2) is 12.7. The number of ether oxygens (including phenoxy) is 4. The van der Waals surface area contributed by atoms with E-state index in [0.717, 1.165) is 22.6 Å². The lowest BCUT2D eigenvalue weighted by Gasteiger charge is -2.41. The first-order chi connectivity index (χ1) is 18.9. The van der Waals surface area contributed by atoms with Crippen molar-refractivity contribution in [3.05, 3.63) is 57.6 Å². The normalized spacial score (nSPS) is 22.3. The molecule has 1 aliphatic rings. The van der Waals surface area contributed by atoms with Crippen LogP contribution in [0.3, 0.4) is 0 Å². The predicted molar refractivity (Wildman–Crippen MR) is 164 cm³/mol. The number of hydrogen-bond acceptors (Lipinski definition) is 5. The highest BCUT2D eigenvalue weighted by atomic mass is 16.7. The molecule has 2 aromatic rings. The molecule has 0 saturated carbocycles. The van der Waals surface area contributed by atoms with Gasteiger partial charge in [-0.1, -0.05) is 53.7 Å². The minimum Gasteiger partial charge on any atom is -0.487 e. The third-order valence-electron chi connectivity index (χ3n) is 8.42. The Bertz CT molecular complexity index is 1220. The third-order valence-corrected chi connectivity index (χ3v) is 8.42. The lowest BCUT2D eigenvalue weighted by molar-refractivity contribution is -0.265. The van der Waals surface area contributed by atoms with Gasteiger partial charge < -0.3 is 24.1 Å². The van der Waals surface area contributed by atoms with E-state index in [4.69, 9.17) is 24.1 Å². The van der Waals surface area contributed by atoms with Gasteiger partial charge in [-0.2, -0.15) is 0 Å². The summed E-state index contributed by atoms with van der Waals surface area (Å²) in [5, 5.41) is 9.14. The van der Waals surface area contributed by atoms with E-state index < -0.39 is 18.4 Å². The van der Waals surface area contributed by atoms with Crippen LogP contribution < -0.4 is 9.47 Å². The fraction of sp³-hybridized carbons (Fsp3) is 0.629. The molecule has 3 rings (SSSR count). The van der Waals surface area contributed by atoms with Crippen molar-refractivity contribution < 1.29 is 28.8 Å². The van der Waals surface area contributed by atoms with Gasteiger partial charge in [0.05, 0.1) is 12.2 Å². The Morgan fingerprint density at radius 2 is 1.32 bits per heavy atom. The molecular weight excluding hydrogens is 516 g/mol. The van der Waals surface area contributed by atoms with Crippen molar-refractivity contribution in [2.45, 2.75) is 144 Å². The Labute approximate surface area is 247 Å². The first kappa shape index (κ1) is 32.9. The molecule has 0 aromatic heterocycles. The van der Waals surface area contributed by atoms with Crippen LogP contribution >= 0.6 is 0 Å². The average Bonchev–Trinajstić information content (AvgIpc) is 2.84. The minimum absolute atomic E-state index is 0.0272. The first-order valence-electron chi connectivity index (χ1n) is 15.0. The van der Waals surface area contributed by atoms with Crippen molar-refractivity contribution in [1.29, 1.82) is 0 Å². The molecule has 1 saturated heterocycles. The maximum Gasteiger partial charge on any atom is 0.303 e. The Balaban J connectivity index is 1.90. The minimum atomic E-state index is -0.840. The summed E-state index contributed by atoms with van der Waals surface area (Å²) in [7, 11) is 0. The molecule has 0 amide bonds. The quantitative estimate of drug-likeness (QED) is 0.329. The van der Waals surface area contributed by atoms with Crippen LogP contribution in [-0.4, -0.2) is 41.8 Å². The second-order valence-corrected chi connectivity index (χ2v) is 13.9. The fourth-order valence-electron chi connectivity index (χ4n) is 5.71. The monoisotopic (exact) mass is 568 g/mol. The van der Waals surface area contributed by atoms with Gasteiger partial charge in [0.1, 0.15) is 17.6 Å². The van der Waals surface area contributed by atoms with Crippen molar-refractivity contribution >= 4 is 5.97 Å². The van der Waals surface area contributed by atoms with Gasteiger partial charge >= 0.3 is 5.97 Å². The summed E-state index contributed by atoms with van der Waals surface area (Å²) in [6.45, 7) is 25.7. The number of aliphatic carboxylic acids is 1. The molecule has 1 fully saturated rings. The number of carboxylic acids is 1. The Kier molecular flexibility index (Phi) is 10.2. The number of rotatable bonds is 9. The summed E-state index contributed by atoms with van der Waals surface area (Å²) >= 11 is 0. The Hall–Kier alpha value is -2.57. The topological polar surface area (TPSA) is 74.2 Å². The molecule has 0 spiro atoms. The van der Waals surface area contributed by atoms with Gasteiger partial charge in [-0.15, -0.1) is 0 Å². The average molecular weight is 569 g/mol. The van der Waals surface area contributed by atoms with Crippen LogP contribution in [0, 0.1) is 27.7 Å². The Morgan fingerprint density at radius 3 is 1.76 bits per heavy atom. The number of hydrogen-bond donors (Lipinski definition) is 1. The lowest BCUT2D eigenvalue weighted by atomic mass is 9.82. The van der Waals surface area contributed by atoms with E-state index in [1.54, 1.807) is 0 Å². The summed E-state index contributed by atoms with van der Waals surface area (Å²) in [6, 6.07) is 8.42. The molecule has 0 radical (unpaired) electrons. The molecule has 0 bridgehead atoms. The first-order valence-corrected chi connectivity index (χ1v) is 15.0. The standard InChI is InChI=1S/C35H52O6/c1-20(13-18-32(36)37)38-33-31(41-29-17-15-27(35(10,11)12)22(3)24(29)5)19-30(25(6)39-33)40-28-16-14-26(34(7,8)9)21(2)23(28)4/h14-17,20,25,30-31,33H,13,18-19H2,1-12H3,(H,36,37)/t20-,25+,30-,31-,33-/m1/s1. The van der Waals surface area contributed by atoms with Crippen LogP contribution in [0.15, 0.2) is 24.3 Å². The van der Waals surface area contributed by atoms with E-state index in [0.29, 0.717) is 12.8 Å². The predicted octanol–water partition coefficient (Wildman–Crippen LogP) is 8.12. The molecule has 6 nitrogen and oxygen atoms in total. The molecule has 1 heterocycles.